The number of hydroxylamine groups is 1. The maximum absolute atomic E-state index is 5.65. The van der Waals surface area contributed by atoms with Crippen LogP contribution in [0.3, 0.4) is 0 Å². The van der Waals surface area contributed by atoms with E-state index in [0.717, 1.165) is 5.92 Å². The summed E-state index contributed by atoms with van der Waals surface area (Å²) < 4.78 is 0. The standard InChI is InChI=1S/C19H23NO/c1-3-7-16(8-4-1)15-21-20-19-13-11-18(12-14-19)17-9-5-2-6-10-17/h1-10,18-20H,11-15H2. The van der Waals surface area contributed by atoms with Gasteiger partial charge in [-0.15, -0.1) is 0 Å². The Bertz CT molecular complexity index is 515. The summed E-state index contributed by atoms with van der Waals surface area (Å²) in [4.78, 5) is 5.65. The highest BCUT2D eigenvalue weighted by atomic mass is 16.6. The van der Waals surface area contributed by atoms with E-state index in [2.05, 4.69) is 47.9 Å². The molecule has 21 heavy (non-hydrogen) atoms. The van der Waals surface area contributed by atoms with Crippen molar-refractivity contribution in [1.29, 1.82) is 0 Å². The molecule has 0 spiro atoms. The fourth-order valence-electron chi connectivity index (χ4n) is 3.09. The van der Waals surface area contributed by atoms with Crippen LogP contribution in [-0.4, -0.2) is 6.04 Å². The van der Waals surface area contributed by atoms with Gasteiger partial charge in [0.25, 0.3) is 0 Å². The second kappa shape index (κ2) is 7.39. The molecule has 0 aliphatic heterocycles. The average Bonchev–Trinajstić information content (AvgIpc) is 2.57. The molecule has 1 N–H and O–H groups in total. The van der Waals surface area contributed by atoms with E-state index >= 15 is 0 Å². The van der Waals surface area contributed by atoms with Crippen LogP contribution in [-0.2, 0) is 11.4 Å². The van der Waals surface area contributed by atoms with Crippen molar-refractivity contribution >= 4 is 0 Å². The van der Waals surface area contributed by atoms with E-state index in [1.54, 1.807) is 0 Å². The minimum Gasteiger partial charge on any atom is -0.297 e. The van der Waals surface area contributed by atoms with Crippen molar-refractivity contribution in [3.8, 4) is 0 Å². The third-order valence-electron chi connectivity index (χ3n) is 4.33. The monoisotopic (exact) mass is 281 g/mol. The first-order chi connectivity index (χ1) is 10.4. The predicted octanol–water partition coefficient (Wildman–Crippen LogP) is 4.43. The molecule has 1 aliphatic carbocycles. The van der Waals surface area contributed by atoms with Gasteiger partial charge >= 0.3 is 0 Å². The van der Waals surface area contributed by atoms with Gasteiger partial charge in [0.15, 0.2) is 0 Å². The van der Waals surface area contributed by atoms with Gasteiger partial charge in [0.2, 0.25) is 0 Å². The minimum atomic E-state index is 0.494. The molecule has 0 aromatic heterocycles. The largest absolute Gasteiger partial charge is 0.297 e. The van der Waals surface area contributed by atoms with Crippen LogP contribution in [0.2, 0.25) is 0 Å². The summed E-state index contributed by atoms with van der Waals surface area (Å²) in [5, 5.41) is 0. The molecule has 2 nitrogen and oxygen atoms in total. The molecule has 0 heterocycles. The van der Waals surface area contributed by atoms with Gasteiger partial charge in [0, 0.05) is 6.04 Å². The van der Waals surface area contributed by atoms with Crippen LogP contribution in [0, 0.1) is 0 Å². The number of rotatable bonds is 5. The van der Waals surface area contributed by atoms with E-state index in [1.807, 2.05) is 18.2 Å². The van der Waals surface area contributed by atoms with Crippen LogP contribution in [0.25, 0.3) is 0 Å². The zero-order valence-electron chi connectivity index (χ0n) is 12.4. The quantitative estimate of drug-likeness (QED) is 0.818. The molecule has 0 bridgehead atoms. The molecule has 1 fully saturated rings. The summed E-state index contributed by atoms with van der Waals surface area (Å²) in [6, 6.07) is 21.7. The first-order valence-corrected chi connectivity index (χ1v) is 7.88. The molecule has 2 heteroatoms. The van der Waals surface area contributed by atoms with Crippen LogP contribution in [0.1, 0.15) is 42.7 Å². The predicted molar refractivity (Wildman–Crippen MR) is 85.8 cm³/mol. The lowest BCUT2D eigenvalue weighted by atomic mass is 9.82. The molecular weight excluding hydrogens is 258 g/mol. The molecule has 3 rings (SSSR count). The van der Waals surface area contributed by atoms with E-state index in [4.69, 9.17) is 4.84 Å². The molecule has 0 atom stereocenters. The molecule has 0 unspecified atom stereocenters. The molecule has 2 aromatic carbocycles. The Morgan fingerprint density at radius 3 is 2.10 bits per heavy atom. The van der Waals surface area contributed by atoms with Crippen LogP contribution in [0.4, 0.5) is 0 Å². The third kappa shape index (κ3) is 4.16. The molecule has 2 aromatic rings. The molecule has 110 valence electrons. The Labute approximate surface area is 127 Å². The van der Waals surface area contributed by atoms with E-state index in [9.17, 15) is 0 Å². The highest BCUT2D eigenvalue weighted by Gasteiger charge is 2.22. The number of nitrogens with one attached hydrogen (secondary N) is 1. The summed E-state index contributed by atoms with van der Waals surface area (Å²) in [5.74, 6) is 0.721. The summed E-state index contributed by atoms with van der Waals surface area (Å²) >= 11 is 0. The normalized spacial score (nSPS) is 22.1. The van der Waals surface area contributed by atoms with Gasteiger partial charge in [0.05, 0.1) is 6.61 Å². The lowest BCUT2D eigenvalue weighted by Gasteiger charge is -2.29. The summed E-state index contributed by atoms with van der Waals surface area (Å²) in [6.45, 7) is 0.638. The van der Waals surface area contributed by atoms with Gasteiger partial charge in [-0.3, -0.25) is 4.84 Å². The van der Waals surface area contributed by atoms with Crippen molar-refractivity contribution in [1.82, 2.24) is 5.48 Å². The highest BCUT2D eigenvalue weighted by Crippen LogP contribution is 2.32. The number of benzene rings is 2. The van der Waals surface area contributed by atoms with Crippen LogP contribution < -0.4 is 5.48 Å². The van der Waals surface area contributed by atoms with Crippen molar-refractivity contribution in [2.75, 3.05) is 0 Å². The third-order valence-corrected chi connectivity index (χ3v) is 4.33. The van der Waals surface area contributed by atoms with Crippen molar-refractivity contribution < 1.29 is 4.84 Å². The fraction of sp³-hybridized carbons (Fsp3) is 0.368. The molecule has 0 saturated heterocycles. The molecule has 0 amide bonds. The van der Waals surface area contributed by atoms with E-state index in [1.165, 1.54) is 36.8 Å². The van der Waals surface area contributed by atoms with Crippen molar-refractivity contribution in [3.63, 3.8) is 0 Å². The molecule has 1 saturated carbocycles. The molecular formula is C19H23NO. The second-order valence-electron chi connectivity index (χ2n) is 5.85. The zero-order chi connectivity index (χ0) is 14.3. The van der Waals surface area contributed by atoms with Gasteiger partial charge < -0.3 is 0 Å². The Balaban J connectivity index is 1.40. The fourth-order valence-corrected chi connectivity index (χ4v) is 3.09. The second-order valence-corrected chi connectivity index (χ2v) is 5.85. The smallest absolute Gasteiger partial charge is 0.0933 e. The Morgan fingerprint density at radius 2 is 1.43 bits per heavy atom. The van der Waals surface area contributed by atoms with Crippen LogP contribution in [0.15, 0.2) is 60.7 Å². The number of hydrogen-bond donors (Lipinski definition) is 1. The number of hydrogen-bond acceptors (Lipinski definition) is 2. The highest BCUT2D eigenvalue weighted by molar-refractivity contribution is 5.20. The summed E-state index contributed by atoms with van der Waals surface area (Å²) in [7, 11) is 0. The van der Waals surface area contributed by atoms with Crippen molar-refractivity contribution in [2.45, 2.75) is 44.2 Å². The van der Waals surface area contributed by atoms with E-state index in [0.29, 0.717) is 12.6 Å². The summed E-state index contributed by atoms with van der Waals surface area (Å²) in [6.07, 6.45) is 4.87. The topological polar surface area (TPSA) is 21.3 Å². The first-order valence-electron chi connectivity index (χ1n) is 7.88. The van der Waals surface area contributed by atoms with Gasteiger partial charge in [-0.1, -0.05) is 60.7 Å². The Kier molecular flexibility index (Phi) is 5.03. The maximum Gasteiger partial charge on any atom is 0.0933 e. The maximum atomic E-state index is 5.65. The van der Waals surface area contributed by atoms with Crippen LogP contribution in [0.5, 0.6) is 0 Å². The van der Waals surface area contributed by atoms with E-state index < -0.39 is 0 Å². The lowest BCUT2D eigenvalue weighted by molar-refractivity contribution is -0.00581. The van der Waals surface area contributed by atoms with Crippen LogP contribution >= 0.6 is 0 Å². The van der Waals surface area contributed by atoms with Crippen molar-refractivity contribution in [3.05, 3.63) is 71.8 Å². The van der Waals surface area contributed by atoms with Gasteiger partial charge in [0.1, 0.15) is 0 Å². The Hall–Kier alpha value is -1.64. The average molecular weight is 281 g/mol. The first kappa shape index (κ1) is 14.3. The zero-order valence-corrected chi connectivity index (χ0v) is 12.4. The van der Waals surface area contributed by atoms with Crippen molar-refractivity contribution in [2.24, 2.45) is 0 Å². The van der Waals surface area contributed by atoms with Gasteiger partial charge in [-0.05, 0) is 42.7 Å². The molecule has 0 radical (unpaired) electrons. The minimum absolute atomic E-state index is 0.494. The lowest BCUT2D eigenvalue weighted by Crippen LogP contribution is -2.32. The molecule has 1 aliphatic rings. The summed E-state index contributed by atoms with van der Waals surface area (Å²) in [5.41, 5.74) is 5.94. The van der Waals surface area contributed by atoms with Gasteiger partial charge in [-0.2, -0.15) is 5.48 Å². The Morgan fingerprint density at radius 1 is 0.810 bits per heavy atom. The van der Waals surface area contributed by atoms with Gasteiger partial charge in [-0.25, -0.2) is 0 Å². The SMILES string of the molecule is c1ccc(CONC2CCC(c3ccccc3)CC2)cc1. The van der Waals surface area contributed by atoms with E-state index in [-0.39, 0.29) is 0 Å².